The molecule has 3 aliphatic rings. The van der Waals surface area contributed by atoms with Crippen LogP contribution in [-0.2, 0) is 38.1 Å². The molecule has 4 heterocycles. The van der Waals surface area contributed by atoms with Crippen molar-refractivity contribution in [2.45, 2.75) is 129 Å². The number of esters is 1. The summed E-state index contributed by atoms with van der Waals surface area (Å²) in [7, 11) is 3.74. The number of nitrogens with one attached hydrogen (secondary N) is 1. The molecule has 0 saturated carbocycles. The Hall–Kier alpha value is -3.75. The largest absolute Gasteiger partial charge is 0.458 e. The number of Topliss-reactive ketones (excluding diaryl/α,β-unsaturated/α-hetero) is 2. The first-order chi connectivity index (χ1) is 25.9. The van der Waals surface area contributed by atoms with Crippen LogP contribution in [0.1, 0.15) is 80.3 Å². The van der Waals surface area contributed by atoms with Gasteiger partial charge in [0, 0.05) is 29.2 Å². The van der Waals surface area contributed by atoms with Gasteiger partial charge in [-0.05, 0) is 79.3 Å². The third kappa shape index (κ3) is 8.96. The lowest BCUT2D eigenvalue weighted by atomic mass is 9.73. The molecule has 0 radical (unpaired) electrons. The van der Waals surface area contributed by atoms with Gasteiger partial charge in [0.2, 0.25) is 0 Å². The topological polar surface area (TPSA) is 163 Å². The summed E-state index contributed by atoms with van der Waals surface area (Å²) in [5.74, 6) is -5.13. The minimum atomic E-state index is -1.38. The minimum Gasteiger partial charge on any atom is -0.458 e. The lowest BCUT2D eigenvalue weighted by Gasteiger charge is -2.47. The summed E-state index contributed by atoms with van der Waals surface area (Å²) < 4.78 is 31.4. The van der Waals surface area contributed by atoms with Gasteiger partial charge < -0.3 is 39.0 Å². The fourth-order valence-corrected chi connectivity index (χ4v) is 8.71. The molecule has 13 nitrogen and oxygen atoms in total. The molecule has 3 fully saturated rings. The molecular formula is C42H59N3O10. The Bertz CT molecular complexity index is 1750. The van der Waals surface area contributed by atoms with E-state index in [4.69, 9.17) is 28.7 Å². The number of aliphatic hydroxyl groups excluding tert-OH is 1. The second-order valence-electron chi connectivity index (χ2n) is 16.3. The number of pyridine rings is 1. The average molecular weight is 766 g/mol. The van der Waals surface area contributed by atoms with Crippen LogP contribution in [0.25, 0.3) is 17.0 Å². The average Bonchev–Trinajstić information content (AvgIpc) is 3.47. The zero-order valence-electron chi connectivity index (χ0n) is 33.8. The summed E-state index contributed by atoms with van der Waals surface area (Å²) in [5.41, 5.74) is -1.17. The highest BCUT2D eigenvalue weighted by molar-refractivity contribution is 6.00. The maximum absolute atomic E-state index is 14.4. The van der Waals surface area contributed by atoms with Gasteiger partial charge >= 0.3 is 12.1 Å². The number of carbonyl (C=O) groups is 4. The Labute approximate surface area is 324 Å². The summed E-state index contributed by atoms with van der Waals surface area (Å²) >= 11 is 0. The predicted octanol–water partition coefficient (Wildman–Crippen LogP) is 5.11. The van der Waals surface area contributed by atoms with E-state index in [2.05, 4.69) is 5.32 Å². The predicted molar refractivity (Wildman–Crippen MR) is 206 cm³/mol. The molecule has 13 atom stereocenters. The summed E-state index contributed by atoms with van der Waals surface area (Å²) in [4.78, 5) is 62.0. The molecule has 5 rings (SSSR count). The molecule has 2 N–H and O–H groups in total. The lowest BCUT2D eigenvalue weighted by molar-refractivity contribution is -0.296. The van der Waals surface area contributed by atoms with Gasteiger partial charge in [-0.1, -0.05) is 58.0 Å². The van der Waals surface area contributed by atoms with Gasteiger partial charge in [-0.25, -0.2) is 9.78 Å². The molecule has 0 unspecified atom stereocenters. The van der Waals surface area contributed by atoms with Gasteiger partial charge in [-0.2, -0.15) is 0 Å². The first-order valence-electron chi connectivity index (χ1n) is 19.5. The fraction of sp³-hybridized carbons (Fsp3) is 0.643. The molecule has 3 saturated heterocycles. The molecule has 3 aliphatic heterocycles. The van der Waals surface area contributed by atoms with Gasteiger partial charge in [-0.3, -0.25) is 14.4 Å². The number of hydrogen-bond acceptors (Lipinski definition) is 12. The lowest BCUT2D eigenvalue weighted by Crippen LogP contribution is -2.60. The normalized spacial score (nSPS) is 38.1. The van der Waals surface area contributed by atoms with E-state index in [0.29, 0.717) is 6.42 Å². The summed E-state index contributed by atoms with van der Waals surface area (Å²) in [6.07, 6.45) is -0.733. The number of ether oxygens (including phenoxy) is 5. The van der Waals surface area contributed by atoms with Crippen molar-refractivity contribution in [3.63, 3.8) is 0 Å². The van der Waals surface area contributed by atoms with E-state index in [1.807, 2.05) is 74.5 Å². The number of nitrogens with zero attached hydrogens (tertiary/aromatic N) is 2. The molecule has 2 aromatic rings. The Balaban J connectivity index is 1.56. The second-order valence-corrected chi connectivity index (χ2v) is 16.3. The van der Waals surface area contributed by atoms with Crippen LogP contribution in [0.3, 0.4) is 0 Å². The van der Waals surface area contributed by atoms with E-state index in [1.54, 1.807) is 41.5 Å². The number of rotatable bonds is 8. The fourth-order valence-electron chi connectivity index (χ4n) is 8.71. The zero-order valence-corrected chi connectivity index (χ0v) is 33.8. The van der Waals surface area contributed by atoms with Crippen LogP contribution in [0.5, 0.6) is 0 Å². The highest BCUT2D eigenvalue weighted by Gasteiger charge is 2.57. The van der Waals surface area contributed by atoms with Crippen LogP contribution in [0.4, 0.5) is 4.79 Å². The maximum Gasteiger partial charge on any atom is 0.408 e. The molecular weight excluding hydrogens is 706 g/mol. The second kappa shape index (κ2) is 17.2. The molecule has 1 aromatic heterocycles. The van der Waals surface area contributed by atoms with Gasteiger partial charge in [-0.15, -0.1) is 0 Å². The number of alkyl carbamates (subject to hydrolysis) is 1. The Morgan fingerprint density at radius 2 is 1.71 bits per heavy atom. The Morgan fingerprint density at radius 3 is 2.40 bits per heavy atom. The molecule has 302 valence electrons. The number of benzene rings is 1. The van der Waals surface area contributed by atoms with E-state index >= 15 is 0 Å². The van der Waals surface area contributed by atoms with Crippen molar-refractivity contribution < 1.29 is 48.0 Å². The number of ketones is 2. The number of carbonyl (C=O) groups excluding carboxylic acids is 4. The van der Waals surface area contributed by atoms with Gasteiger partial charge in [0.25, 0.3) is 0 Å². The minimum absolute atomic E-state index is 0.0490. The van der Waals surface area contributed by atoms with Crippen LogP contribution < -0.4 is 5.32 Å². The molecule has 0 aliphatic carbocycles. The van der Waals surface area contributed by atoms with E-state index in [1.165, 1.54) is 6.92 Å². The van der Waals surface area contributed by atoms with Crippen LogP contribution in [-0.4, -0.2) is 113 Å². The van der Waals surface area contributed by atoms with Crippen molar-refractivity contribution in [1.29, 1.82) is 0 Å². The van der Waals surface area contributed by atoms with E-state index in [-0.39, 0.29) is 37.4 Å². The number of aliphatic hydroxyl groups is 1. The number of fused-ring (bicyclic) bond motifs is 2. The van der Waals surface area contributed by atoms with E-state index in [9.17, 15) is 24.3 Å². The summed E-state index contributed by atoms with van der Waals surface area (Å²) in [6.45, 7) is 13.8. The van der Waals surface area contributed by atoms with Crippen molar-refractivity contribution in [1.82, 2.24) is 15.2 Å². The molecule has 55 heavy (non-hydrogen) atoms. The van der Waals surface area contributed by atoms with Gasteiger partial charge in [0.1, 0.15) is 23.9 Å². The summed E-state index contributed by atoms with van der Waals surface area (Å²) in [5, 5.41) is 15.4. The van der Waals surface area contributed by atoms with Crippen LogP contribution in [0.2, 0.25) is 0 Å². The van der Waals surface area contributed by atoms with Gasteiger partial charge in [0.05, 0.1) is 41.7 Å². The van der Waals surface area contributed by atoms with E-state index < -0.39 is 83.4 Å². The smallest absolute Gasteiger partial charge is 0.408 e. The van der Waals surface area contributed by atoms with Crippen molar-refractivity contribution in [3.05, 3.63) is 48.2 Å². The maximum atomic E-state index is 14.4. The van der Waals surface area contributed by atoms with Crippen molar-refractivity contribution in [2.75, 3.05) is 20.7 Å². The summed E-state index contributed by atoms with van der Waals surface area (Å²) in [6, 6.07) is 10.6. The number of aromatic nitrogens is 1. The number of likely N-dealkylation sites (N-methyl/N-ethyl adjacent to an activating group) is 1. The van der Waals surface area contributed by atoms with Crippen LogP contribution in [0.15, 0.2) is 42.5 Å². The van der Waals surface area contributed by atoms with Crippen molar-refractivity contribution in [3.8, 4) is 0 Å². The highest BCUT2D eigenvalue weighted by atomic mass is 16.7. The number of para-hydroxylation sites is 1. The number of hydrogen-bond donors (Lipinski definition) is 2. The standard InChI is InChI=1S/C42H59N3O10/c1-11-32-42(8)36(44-40(50)55-42)25(4)33(46)23(2)22-41(7,51-20-14-16-29-19-18-28-15-12-13-17-30(28)43-29)37(26(5)34(47)27(6)38(49)53-32)54-39-35(48)31(45(9)10)21-24(3)52-39/h12-19,23-27,31-32,35-37,39,48H,11,20-22H2,1-10H3,(H,44,50)/b16-14+/t23-,24-,25-,26+,27-,31+,32+,35-,36-,37-,39+,41+,42-/m1/s1. The first-order valence-corrected chi connectivity index (χ1v) is 19.5. The number of cyclic esters (lactones) is 1. The van der Waals surface area contributed by atoms with E-state index in [0.717, 1.165) is 16.6 Å². The molecule has 13 heteroatoms. The molecule has 1 amide bonds. The number of amides is 1. The molecule has 1 aromatic carbocycles. The van der Waals surface area contributed by atoms with Crippen LogP contribution >= 0.6 is 0 Å². The highest BCUT2D eigenvalue weighted by Crippen LogP contribution is 2.40. The zero-order chi connectivity index (χ0) is 40.4. The quantitative estimate of drug-likeness (QED) is 0.270. The monoisotopic (exact) mass is 765 g/mol. The van der Waals surface area contributed by atoms with Crippen molar-refractivity contribution in [2.24, 2.45) is 23.7 Å². The van der Waals surface area contributed by atoms with Gasteiger partial charge in [0.15, 0.2) is 17.7 Å². The van der Waals surface area contributed by atoms with Crippen molar-refractivity contribution >= 4 is 40.6 Å². The third-order valence-corrected chi connectivity index (χ3v) is 11.9. The third-order valence-electron chi connectivity index (χ3n) is 11.9. The Kier molecular flexibility index (Phi) is 13.2. The SMILES string of the molecule is CC[C@@H]1OC(=O)[C@H](C)C(=O)[C@H](C)[C@@H](O[C@@H]2O[C@H](C)C[C@H](N(C)C)[C@H]2O)[C@@](C)(OC/C=C/c2ccc3ccccc3n2)C[C@@H](C)C(=O)[C@@H](C)[C@H]2NC(=O)O[C@]12C. The Morgan fingerprint density at radius 1 is 1.00 bits per heavy atom. The van der Waals surface area contributed by atoms with Crippen LogP contribution in [0, 0.1) is 23.7 Å². The molecule has 0 spiro atoms. The molecule has 0 bridgehead atoms. The first kappa shape index (κ1) is 42.4.